The molecule has 0 fully saturated rings. The SMILES string of the molecule is CCCCCCCCCCCCNC(=O)/C=C\C(=O)OCCCC. The van der Waals surface area contributed by atoms with Gasteiger partial charge in [-0.25, -0.2) is 4.79 Å². The van der Waals surface area contributed by atoms with Crippen molar-refractivity contribution in [2.24, 2.45) is 0 Å². The third-order valence-corrected chi connectivity index (χ3v) is 3.94. The van der Waals surface area contributed by atoms with Gasteiger partial charge in [0.1, 0.15) is 0 Å². The van der Waals surface area contributed by atoms with Crippen molar-refractivity contribution in [1.82, 2.24) is 5.32 Å². The molecule has 0 rings (SSSR count). The molecule has 0 atom stereocenters. The van der Waals surface area contributed by atoms with E-state index in [1.165, 1.54) is 63.5 Å². The molecule has 0 radical (unpaired) electrons. The molecule has 0 aliphatic rings. The third kappa shape index (κ3) is 17.0. The van der Waals surface area contributed by atoms with Gasteiger partial charge in [0.2, 0.25) is 5.91 Å². The van der Waals surface area contributed by atoms with Gasteiger partial charge in [0.15, 0.2) is 0 Å². The molecule has 0 aliphatic carbocycles. The van der Waals surface area contributed by atoms with Gasteiger partial charge in [0, 0.05) is 18.7 Å². The molecule has 0 heterocycles. The Morgan fingerprint density at radius 1 is 0.750 bits per heavy atom. The highest BCUT2D eigenvalue weighted by Gasteiger charge is 1.99. The zero-order valence-electron chi connectivity index (χ0n) is 15.8. The van der Waals surface area contributed by atoms with Crippen molar-refractivity contribution >= 4 is 11.9 Å². The molecule has 0 spiro atoms. The Balaban J connectivity index is 3.38. The summed E-state index contributed by atoms with van der Waals surface area (Å²) in [4.78, 5) is 22.8. The molecule has 0 unspecified atom stereocenters. The summed E-state index contributed by atoms with van der Waals surface area (Å²) < 4.78 is 4.94. The molecule has 140 valence electrons. The van der Waals surface area contributed by atoms with E-state index in [0.29, 0.717) is 13.2 Å². The Morgan fingerprint density at radius 3 is 1.88 bits per heavy atom. The summed E-state index contributed by atoms with van der Waals surface area (Å²) in [7, 11) is 0. The number of carbonyl (C=O) groups excluding carboxylic acids is 2. The first-order valence-corrected chi connectivity index (χ1v) is 9.83. The molecule has 0 aromatic heterocycles. The fraction of sp³-hybridized carbons (Fsp3) is 0.800. The zero-order valence-corrected chi connectivity index (χ0v) is 15.8. The predicted molar refractivity (Wildman–Crippen MR) is 99.9 cm³/mol. The van der Waals surface area contributed by atoms with Crippen molar-refractivity contribution in [2.45, 2.75) is 90.9 Å². The second kappa shape index (κ2) is 18.0. The van der Waals surface area contributed by atoms with Crippen LogP contribution in [0.3, 0.4) is 0 Å². The lowest BCUT2D eigenvalue weighted by Gasteiger charge is -2.03. The Kier molecular flexibility index (Phi) is 17.0. The molecule has 24 heavy (non-hydrogen) atoms. The fourth-order valence-electron chi connectivity index (χ4n) is 2.39. The van der Waals surface area contributed by atoms with Crippen LogP contribution in [0, 0.1) is 0 Å². The smallest absolute Gasteiger partial charge is 0.330 e. The molecular weight excluding hydrogens is 302 g/mol. The second-order valence-corrected chi connectivity index (χ2v) is 6.33. The minimum atomic E-state index is -0.447. The van der Waals surface area contributed by atoms with Crippen LogP contribution in [0.4, 0.5) is 0 Å². The number of ether oxygens (including phenoxy) is 1. The van der Waals surface area contributed by atoms with Gasteiger partial charge in [-0.3, -0.25) is 4.79 Å². The maximum absolute atomic E-state index is 11.5. The summed E-state index contributed by atoms with van der Waals surface area (Å²) in [5.41, 5.74) is 0. The maximum atomic E-state index is 11.5. The third-order valence-electron chi connectivity index (χ3n) is 3.94. The van der Waals surface area contributed by atoms with E-state index < -0.39 is 5.97 Å². The highest BCUT2D eigenvalue weighted by atomic mass is 16.5. The highest BCUT2D eigenvalue weighted by molar-refractivity contribution is 5.94. The molecule has 0 aromatic rings. The number of esters is 1. The molecule has 0 aromatic carbocycles. The summed E-state index contributed by atoms with van der Waals surface area (Å²) in [5.74, 6) is -0.670. The van der Waals surface area contributed by atoms with E-state index >= 15 is 0 Å². The topological polar surface area (TPSA) is 55.4 Å². The first kappa shape index (κ1) is 22.7. The van der Waals surface area contributed by atoms with Gasteiger partial charge in [0.25, 0.3) is 0 Å². The normalized spacial score (nSPS) is 10.9. The first-order valence-electron chi connectivity index (χ1n) is 9.83. The quantitative estimate of drug-likeness (QED) is 0.247. The summed E-state index contributed by atoms with van der Waals surface area (Å²) in [6, 6.07) is 0. The number of rotatable bonds is 16. The number of hydrogen-bond donors (Lipinski definition) is 1. The predicted octanol–water partition coefficient (Wildman–Crippen LogP) is 4.92. The molecule has 0 bridgehead atoms. The molecule has 1 amide bonds. The van der Waals surface area contributed by atoms with E-state index in [0.717, 1.165) is 25.7 Å². The Bertz CT molecular complexity index is 340. The van der Waals surface area contributed by atoms with E-state index in [1.807, 2.05) is 6.92 Å². The van der Waals surface area contributed by atoms with Crippen molar-refractivity contribution in [3.63, 3.8) is 0 Å². The van der Waals surface area contributed by atoms with E-state index in [1.54, 1.807) is 0 Å². The lowest BCUT2D eigenvalue weighted by Crippen LogP contribution is -2.22. The van der Waals surface area contributed by atoms with E-state index in [9.17, 15) is 9.59 Å². The summed E-state index contributed by atoms with van der Waals surface area (Å²) in [5, 5.41) is 2.80. The minimum absolute atomic E-state index is 0.224. The molecule has 4 heteroatoms. The number of hydrogen-bond acceptors (Lipinski definition) is 3. The van der Waals surface area contributed by atoms with Gasteiger partial charge >= 0.3 is 5.97 Å². The van der Waals surface area contributed by atoms with Crippen molar-refractivity contribution < 1.29 is 14.3 Å². The van der Waals surface area contributed by atoms with Crippen LogP contribution >= 0.6 is 0 Å². The first-order chi connectivity index (χ1) is 11.7. The van der Waals surface area contributed by atoms with Crippen molar-refractivity contribution in [2.75, 3.05) is 13.2 Å². The van der Waals surface area contributed by atoms with Crippen LogP contribution in [0.15, 0.2) is 12.2 Å². The number of nitrogens with one attached hydrogen (secondary N) is 1. The average Bonchev–Trinajstić information content (AvgIpc) is 2.58. The Hall–Kier alpha value is -1.32. The van der Waals surface area contributed by atoms with Crippen LogP contribution in [-0.4, -0.2) is 25.0 Å². The van der Waals surface area contributed by atoms with Crippen LogP contribution in [0.5, 0.6) is 0 Å². The van der Waals surface area contributed by atoms with Gasteiger partial charge in [-0.2, -0.15) is 0 Å². The summed E-state index contributed by atoms with van der Waals surface area (Å²) in [6.07, 6.45) is 17.1. The van der Waals surface area contributed by atoms with Gasteiger partial charge in [-0.15, -0.1) is 0 Å². The van der Waals surface area contributed by atoms with Gasteiger partial charge in [-0.05, 0) is 12.8 Å². The van der Waals surface area contributed by atoms with Gasteiger partial charge in [-0.1, -0.05) is 78.1 Å². The number of unbranched alkanes of at least 4 members (excludes halogenated alkanes) is 10. The molecule has 1 N–H and O–H groups in total. The molecule has 0 aliphatic heterocycles. The van der Waals surface area contributed by atoms with Gasteiger partial charge in [0.05, 0.1) is 6.61 Å². The molecule has 0 saturated carbocycles. The molecular formula is C20H37NO3. The lowest BCUT2D eigenvalue weighted by molar-refractivity contribution is -0.138. The Labute approximate surface area is 148 Å². The minimum Gasteiger partial charge on any atom is -0.463 e. The van der Waals surface area contributed by atoms with E-state index in [2.05, 4.69) is 12.2 Å². The molecule has 4 nitrogen and oxygen atoms in total. The fourth-order valence-corrected chi connectivity index (χ4v) is 2.39. The van der Waals surface area contributed by atoms with Crippen LogP contribution in [0.25, 0.3) is 0 Å². The standard InChI is InChI=1S/C20H37NO3/c1-3-5-7-8-9-10-11-12-13-14-17-21-19(22)15-16-20(23)24-18-6-4-2/h15-16H,3-14,17-18H2,1-2H3,(H,21,22)/b16-15-. The maximum Gasteiger partial charge on any atom is 0.330 e. The van der Waals surface area contributed by atoms with Crippen molar-refractivity contribution in [1.29, 1.82) is 0 Å². The van der Waals surface area contributed by atoms with Crippen LogP contribution in [0.2, 0.25) is 0 Å². The number of carbonyl (C=O) groups is 2. The highest BCUT2D eigenvalue weighted by Crippen LogP contribution is 2.10. The second-order valence-electron chi connectivity index (χ2n) is 6.33. The zero-order chi connectivity index (χ0) is 17.9. The lowest BCUT2D eigenvalue weighted by atomic mass is 10.1. The van der Waals surface area contributed by atoms with Crippen LogP contribution in [-0.2, 0) is 14.3 Å². The summed E-state index contributed by atoms with van der Waals surface area (Å²) in [6.45, 7) is 5.36. The number of amides is 1. The van der Waals surface area contributed by atoms with Crippen LogP contribution in [0.1, 0.15) is 90.9 Å². The Morgan fingerprint density at radius 2 is 1.29 bits per heavy atom. The molecule has 0 saturated heterocycles. The van der Waals surface area contributed by atoms with E-state index in [-0.39, 0.29) is 5.91 Å². The average molecular weight is 340 g/mol. The summed E-state index contributed by atoms with van der Waals surface area (Å²) >= 11 is 0. The largest absolute Gasteiger partial charge is 0.463 e. The van der Waals surface area contributed by atoms with E-state index in [4.69, 9.17) is 4.74 Å². The van der Waals surface area contributed by atoms with Crippen molar-refractivity contribution in [3.05, 3.63) is 12.2 Å². The van der Waals surface area contributed by atoms with Crippen molar-refractivity contribution in [3.8, 4) is 0 Å². The monoisotopic (exact) mass is 339 g/mol. The van der Waals surface area contributed by atoms with Crippen LogP contribution < -0.4 is 5.32 Å². The van der Waals surface area contributed by atoms with Gasteiger partial charge < -0.3 is 10.1 Å².